The van der Waals surface area contributed by atoms with Crippen molar-refractivity contribution in [2.45, 2.75) is 26.7 Å². The molecule has 0 atom stereocenters. The molecular formula is C7H11NaO3. The summed E-state index contributed by atoms with van der Waals surface area (Å²) in [5.41, 5.74) is 0. The SMILES string of the molecule is CC(C)C(=O)CCC(=O)[O-].[Na+]. The first-order valence-electron chi connectivity index (χ1n) is 3.26. The van der Waals surface area contributed by atoms with Crippen LogP contribution in [0.2, 0.25) is 0 Å². The summed E-state index contributed by atoms with van der Waals surface area (Å²) in [4.78, 5) is 20.6. The van der Waals surface area contributed by atoms with E-state index in [-0.39, 0.29) is 54.1 Å². The molecule has 0 aromatic heterocycles. The van der Waals surface area contributed by atoms with Crippen molar-refractivity contribution < 1.29 is 44.3 Å². The molecule has 4 heteroatoms. The Labute approximate surface area is 88.5 Å². The van der Waals surface area contributed by atoms with Gasteiger partial charge in [0, 0.05) is 18.3 Å². The molecule has 0 saturated heterocycles. The van der Waals surface area contributed by atoms with Gasteiger partial charge in [-0.25, -0.2) is 0 Å². The molecule has 0 amide bonds. The van der Waals surface area contributed by atoms with Crippen molar-refractivity contribution in [1.29, 1.82) is 0 Å². The minimum absolute atomic E-state index is 0. The topological polar surface area (TPSA) is 57.2 Å². The van der Waals surface area contributed by atoms with Crippen LogP contribution < -0.4 is 34.7 Å². The Balaban J connectivity index is 0. The van der Waals surface area contributed by atoms with E-state index in [2.05, 4.69) is 0 Å². The number of carbonyl (C=O) groups excluding carboxylic acids is 2. The largest absolute Gasteiger partial charge is 1.00 e. The van der Waals surface area contributed by atoms with Crippen LogP contribution in [-0.2, 0) is 9.59 Å². The molecule has 11 heavy (non-hydrogen) atoms. The van der Waals surface area contributed by atoms with Gasteiger partial charge in [0.1, 0.15) is 5.78 Å². The number of carboxylic acid groups (broad SMARTS) is 1. The number of rotatable bonds is 4. The molecule has 0 aliphatic heterocycles. The minimum atomic E-state index is -1.16. The molecule has 0 rings (SSSR count). The van der Waals surface area contributed by atoms with E-state index in [4.69, 9.17) is 0 Å². The summed E-state index contributed by atoms with van der Waals surface area (Å²) in [7, 11) is 0. The summed E-state index contributed by atoms with van der Waals surface area (Å²) >= 11 is 0. The Morgan fingerprint density at radius 2 is 1.73 bits per heavy atom. The second-order valence-corrected chi connectivity index (χ2v) is 2.49. The van der Waals surface area contributed by atoms with Crippen LogP contribution in [0.3, 0.4) is 0 Å². The van der Waals surface area contributed by atoms with Crippen LogP contribution in [-0.4, -0.2) is 11.8 Å². The summed E-state index contributed by atoms with van der Waals surface area (Å²) in [6.45, 7) is 3.50. The zero-order valence-electron chi connectivity index (χ0n) is 7.22. The van der Waals surface area contributed by atoms with Gasteiger partial charge >= 0.3 is 29.6 Å². The fourth-order valence-electron chi connectivity index (χ4n) is 0.514. The normalized spacial score (nSPS) is 9.00. The van der Waals surface area contributed by atoms with E-state index in [1.54, 1.807) is 13.8 Å². The predicted molar refractivity (Wildman–Crippen MR) is 34.1 cm³/mol. The average Bonchev–Trinajstić information content (AvgIpc) is 1.82. The zero-order chi connectivity index (χ0) is 8.15. The number of hydrogen-bond acceptors (Lipinski definition) is 3. The van der Waals surface area contributed by atoms with E-state index in [1.165, 1.54) is 0 Å². The Kier molecular flexibility index (Phi) is 8.51. The first-order valence-corrected chi connectivity index (χ1v) is 3.26. The number of hydrogen-bond donors (Lipinski definition) is 0. The van der Waals surface area contributed by atoms with Crippen molar-refractivity contribution >= 4 is 11.8 Å². The van der Waals surface area contributed by atoms with Gasteiger partial charge in [-0.05, 0) is 6.42 Å². The number of Topliss-reactive ketones (excluding diaryl/α,β-unsaturated/α-hetero) is 1. The molecule has 0 N–H and O–H groups in total. The molecule has 0 aliphatic rings. The maximum absolute atomic E-state index is 10.8. The van der Waals surface area contributed by atoms with Crippen molar-refractivity contribution in [3.8, 4) is 0 Å². The number of aliphatic carboxylic acids is 1. The monoisotopic (exact) mass is 166 g/mol. The van der Waals surface area contributed by atoms with E-state index >= 15 is 0 Å². The molecule has 0 radical (unpaired) electrons. The van der Waals surface area contributed by atoms with Gasteiger partial charge in [0.15, 0.2) is 0 Å². The summed E-state index contributed by atoms with van der Waals surface area (Å²) < 4.78 is 0. The van der Waals surface area contributed by atoms with Gasteiger partial charge in [-0.1, -0.05) is 13.8 Å². The molecule has 3 nitrogen and oxygen atoms in total. The van der Waals surface area contributed by atoms with Crippen molar-refractivity contribution in [2.75, 3.05) is 0 Å². The fraction of sp³-hybridized carbons (Fsp3) is 0.714. The third kappa shape index (κ3) is 8.04. The summed E-state index contributed by atoms with van der Waals surface area (Å²) in [6, 6.07) is 0. The number of carboxylic acids is 1. The maximum Gasteiger partial charge on any atom is 1.00 e. The van der Waals surface area contributed by atoms with Crippen LogP contribution in [0.15, 0.2) is 0 Å². The van der Waals surface area contributed by atoms with Gasteiger partial charge in [-0.15, -0.1) is 0 Å². The van der Waals surface area contributed by atoms with Crippen LogP contribution >= 0.6 is 0 Å². The molecule has 0 spiro atoms. The zero-order valence-corrected chi connectivity index (χ0v) is 9.22. The first kappa shape index (κ1) is 13.7. The standard InChI is InChI=1S/C7H12O3.Na/c1-5(2)6(8)3-4-7(9)10;/h5H,3-4H2,1-2H3,(H,9,10);/q;+1/p-1. The summed E-state index contributed by atoms with van der Waals surface area (Å²) in [5, 5.41) is 9.86. The van der Waals surface area contributed by atoms with Crippen LogP contribution in [0.25, 0.3) is 0 Å². The molecule has 0 aromatic carbocycles. The fourth-order valence-corrected chi connectivity index (χ4v) is 0.514. The van der Waals surface area contributed by atoms with Crippen molar-refractivity contribution in [2.24, 2.45) is 5.92 Å². The van der Waals surface area contributed by atoms with E-state index in [1.807, 2.05) is 0 Å². The predicted octanol–water partition coefficient (Wildman–Crippen LogP) is -3.25. The van der Waals surface area contributed by atoms with Crippen LogP contribution in [0, 0.1) is 5.92 Å². The average molecular weight is 166 g/mol. The van der Waals surface area contributed by atoms with E-state index in [9.17, 15) is 14.7 Å². The van der Waals surface area contributed by atoms with E-state index in [0.29, 0.717) is 0 Å². The summed E-state index contributed by atoms with van der Waals surface area (Å²) in [6.07, 6.45) is -0.0585. The van der Waals surface area contributed by atoms with Crippen molar-refractivity contribution in [3.05, 3.63) is 0 Å². The van der Waals surface area contributed by atoms with Gasteiger partial charge < -0.3 is 9.90 Å². The van der Waals surface area contributed by atoms with E-state index < -0.39 is 5.97 Å². The van der Waals surface area contributed by atoms with Gasteiger partial charge in [-0.3, -0.25) is 4.79 Å². The molecular weight excluding hydrogens is 155 g/mol. The Bertz CT molecular complexity index is 143. The molecule has 58 valence electrons. The Morgan fingerprint density at radius 3 is 2.00 bits per heavy atom. The van der Waals surface area contributed by atoms with Crippen LogP contribution in [0.5, 0.6) is 0 Å². The van der Waals surface area contributed by atoms with Crippen molar-refractivity contribution in [1.82, 2.24) is 0 Å². The van der Waals surface area contributed by atoms with Gasteiger partial charge in [0.05, 0.1) is 0 Å². The quantitative estimate of drug-likeness (QED) is 0.412. The minimum Gasteiger partial charge on any atom is -0.550 e. The van der Waals surface area contributed by atoms with Crippen LogP contribution in [0.1, 0.15) is 26.7 Å². The summed E-state index contributed by atoms with van der Waals surface area (Å²) in [5.74, 6) is -1.25. The molecule has 0 unspecified atom stereocenters. The third-order valence-corrected chi connectivity index (χ3v) is 1.22. The molecule has 0 heterocycles. The molecule has 0 fully saturated rings. The van der Waals surface area contributed by atoms with Crippen molar-refractivity contribution in [3.63, 3.8) is 0 Å². The molecule has 0 bridgehead atoms. The van der Waals surface area contributed by atoms with Gasteiger partial charge in [0.25, 0.3) is 0 Å². The maximum atomic E-state index is 10.8. The second kappa shape index (κ2) is 6.83. The Hall–Kier alpha value is 0.140. The number of carbonyl (C=O) groups is 2. The Morgan fingerprint density at radius 1 is 1.27 bits per heavy atom. The van der Waals surface area contributed by atoms with E-state index in [0.717, 1.165) is 0 Å². The number of ketones is 1. The molecule has 0 aromatic rings. The first-order chi connectivity index (χ1) is 4.54. The molecule has 0 saturated carbocycles. The second-order valence-electron chi connectivity index (χ2n) is 2.49. The third-order valence-electron chi connectivity index (χ3n) is 1.22. The smallest absolute Gasteiger partial charge is 0.550 e. The van der Waals surface area contributed by atoms with Gasteiger partial charge in [0.2, 0.25) is 0 Å². The van der Waals surface area contributed by atoms with Crippen LogP contribution in [0.4, 0.5) is 0 Å². The molecule has 0 aliphatic carbocycles. The van der Waals surface area contributed by atoms with Gasteiger partial charge in [-0.2, -0.15) is 0 Å².